The maximum absolute atomic E-state index is 6.12. The summed E-state index contributed by atoms with van der Waals surface area (Å²) in [6.45, 7) is 0.463. The zero-order chi connectivity index (χ0) is 13.0. The van der Waals surface area contributed by atoms with Crippen molar-refractivity contribution in [2.45, 2.75) is 6.61 Å². The minimum atomic E-state index is 0.463. The molecule has 18 heavy (non-hydrogen) atoms. The fraction of sp³-hybridized carbons (Fsp3) is 0.143. The molecule has 0 atom stereocenters. The molecule has 0 heterocycles. The Balaban J connectivity index is 2.02. The smallest absolute Gasteiger partial charge is 0.119 e. The van der Waals surface area contributed by atoms with Gasteiger partial charge in [-0.05, 0) is 36.4 Å². The number of ether oxygens (including phenoxy) is 1. The second-order valence-electron chi connectivity index (χ2n) is 3.80. The third-order valence-corrected chi connectivity index (χ3v) is 3.40. The number of halogens is 2. The van der Waals surface area contributed by atoms with Gasteiger partial charge in [0.25, 0.3) is 0 Å². The molecule has 0 saturated heterocycles. The van der Waals surface area contributed by atoms with Crippen LogP contribution >= 0.6 is 27.5 Å². The summed E-state index contributed by atoms with van der Waals surface area (Å²) in [6, 6.07) is 13.6. The number of anilines is 1. The molecule has 0 spiro atoms. The Kier molecular flexibility index (Phi) is 4.50. The van der Waals surface area contributed by atoms with Crippen LogP contribution in [0.2, 0.25) is 5.02 Å². The Bertz CT molecular complexity index is 528. The van der Waals surface area contributed by atoms with Crippen LogP contribution in [0.3, 0.4) is 0 Å². The molecule has 0 unspecified atom stereocenters. The van der Waals surface area contributed by atoms with Gasteiger partial charge in [0, 0.05) is 27.8 Å². The summed E-state index contributed by atoms with van der Waals surface area (Å²) >= 11 is 9.50. The molecule has 2 nitrogen and oxygen atoms in total. The molecule has 0 radical (unpaired) electrons. The number of benzene rings is 2. The lowest BCUT2D eigenvalue weighted by molar-refractivity contribution is 0.306. The molecular formula is C14H13BrClNO. The van der Waals surface area contributed by atoms with Crippen molar-refractivity contribution in [2.24, 2.45) is 0 Å². The van der Waals surface area contributed by atoms with E-state index in [0.717, 1.165) is 21.5 Å². The van der Waals surface area contributed by atoms with Crippen LogP contribution in [0.25, 0.3) is 0 Å². The summed E-state index contributed by atoms with van der Waals surface area (Å²) in [5.74, 6) is 0.827. The Hall–Kier alpha value is -1.19. The van der Waals surface area contributed by atoms with Gasteiger partial charge in [0.1, 0.15) is 12.4 Å². The molecule has 94 valence electrons. The first-order chi connectivity index (χ1) is 8.69. The fourth-order valence-corrected chi connectivity index (χ4v) is 2.25. The van der Waals surface area contributed by atoms with E-state index in [0.29, 0.717) is 11.6 Å². The maximum atomic E-state index is 6.12. The van der Waals surface area contributed by atoms with Crippen LogP contribution in [-0.4, -0.2) is 7.05 Å². The average molecular weight is 327 g/mol. The molecule has 1 N–H and O–H groups in total. The third kappa shape index (κ3) is 3.40. The van der Waals surface area contributed by atoms with E-state index in [4.69, 9.17) is 16.3 Å². The van der Waals surface area contributed by atoms with E-state index >= 15 is 0 Å². The van der Waals surface area contributed by atoms with Gasteiger partial charge in [-0.25, -0.2) is 0 Å². The maximum Gasteiger partial charge on any atom is 0.119 e. The van der Waals surface area contributed by atoms with E-state index in [1.165, 1.54) is 0 Å². The lowest BCUT2D eigenvalue weighted by Gasteiger charge is -2.09. The van der Waals surface area contributed by atoms with Gasteiger partial charge >= 0.3 is 0 Å². The van der Waals surface area contributed by atoms with Gasteiger partial charge in [0.05, 0.1) is 0 Å². The number of nitrogens with one attached hydrogen (secondary N) is 1. The highest BCUT2D eigenvalue weighted by molar-refractivity contribution is 9.10. The third-order valence-electron chi connectivity index (χ3n) is 2.55. The molecule has 4 heteroatoms. The van der Waals surface area contributed by atoms with Gasteiger partial charge < -0.3 is 10.1 Å². The molecule has 0 aliphatic carbocycles. The monoisotopic (exact) mass is 325 g/mol. The highest BCUT2D eigenvalue weighted by Gasteiger charge is 2.02. The highest BCUT2D eigenvalue weighted by atomic mass is 79.9. The largest absolute Gasteiger partial charge is 0.489 e. The van der Waals surface area contributed by atoms with Crippen LogP contribution < -0.4 is 10.1 Å². The van der Waals surface area contributed by atoms with Crippen molar-refractivity contribution in [1.82, 2.24) is 0 Å². The minimum absolute atomic E-state index is 0.463. The molecule has 0 amide bonds. The van der Waals surface area contributed by atoms with Crippen LogP contribution in [-0.2, 0) is 6.61 Å². The first-order valence-electron chi connectivity index (χ1n) is 5.53. The second kappa shape index (κ2) is 6.12. The zero-order valence-corrected chi connectivity index (χ0v) is 12.3. The van der Waals surface area contributed by atoms with E-state index in [9.17, 15) is 0 Å². The Morgan fingerprint density at radius 3 is 2.50 bits per heavy atom. The number of hydrogen-bond donors (Lipinski definition) is 1. The summed E-state index contributed by atoms with van der Waals surface area (Å²) < 4.78 is 6.65. The Morgan fingerprint density at radius 2 is 1.89 bits per heavy atom. The molecule has 2 aromatic carbocycles. The van der Waals surface area contributed by atoms with Crippen molar-refractivity contribution in [3.8, 4) is 5.75 Å². The van der Waals surface area contributed by atoms with Crippen molar-refractivity contribution in [3.05, 3.63) is 57.5 Å². The summed E-state index contributed by atoms with van der Waals surface area (Å²) in [7, 11) is 1.89. The molecule has 0 aliphatic heterocycles. The van der Waals surface area contributed by atoms with Crippen molar-refractivity contribution in [2.75, 3.05) is 12.4 Å². The van der Waals surface area contributed by atoms with Crippen molar-refractivity contribution >= 4 is 33.2 Å². The predicted octanol–water partition coefficient (Wildman–Crippen LogP) is 4.72. The van der Waals surface area contributed by atoms with Crippen LogP contribution in [0, 0.1) is 0 Å². The molecule has 2 aromatic rings. The standard InChI is InChI=1S/C14H13BrClNO/c1-17-12-4-6-13(7-5-12)18-9-10-2-3-11(15)8-14(10)16/h2-8,17H,9H2,1H3. The van der Waals surface area contributed by atoms with E-state index in [1.807, 2.05) is 49.5 Å². The van der Waals surface area contributed by atoms with E-state index < -0.39 is 0 Å². The summed E-state index contributed by atoms with van der Waals surface area (Å²) in [5, 5.41) is 3.77. The molecule has 2 rings (SSSR count). The zero-order valence-electron chi connectivity index (χ0n) is 9.91. The summed E-state index contributed by atoms with van der Waals surface area (Å²) in [5.41, 5.74) is 2.03. The molecule has 0 saturated carbocycles. The first-order valence-corrected chi connectivity index (χ1v) is 6.70. The van der Waals surface area contributed by atoms with Gasteiger partial charge in [0.2, 0.25) is 0 Å². The first kappa shape index (κ1) is 13.2. The number of hydrogen-bond acceptors (Lipinski definition) is 2. The van der Waals surface area contributed by atoms with Crippen LogP contribution in [0.5, 0.6) is 5.75 Å². The van der Waals surface area contributed by atoms with Crippen LogP contribution in [0.4, 0.5) is 5.69 Å². The lowest BCUT2D eigenvalue weighted by Crippen LogP contribution is -1.96. The topological polar surface area (TPSA) is 21.3 Å². The molecular weight excluding hydrogens is 314 g/mol. The van der Waals surface area contributed by atoms with Gasteiger partial charge in [-0.1, -0.05) is 33.6 Å². The van der Waals surface area contributed by atoms with Crippen LogP contribution in [0.15, 0.2) is 46.9 Å². The van der Waals surface area contributed by atoms with Crippen LogP contribution in [0.1, 0.15) is 5.56 Å². The lowest BCUT2D eigenvalue weighted by atomic mass is 10.2. The summed E-state index contributed by atoms with van der Waals surface area (Å²) in [4.78, 5) is 0. The molecule has 0 fully saturated rings. The minimum Gasteiger partial charge on any atom is -0.489 e. The average Bonchev–Trinajstić information content (AvgIpc) is 2.38. The molecule has 0 aromatic heterocycles. The van der Waals surface area contributed by atoms with E-state index in [1.54, 1.807) is 0 Å². The quantitative estimate of drug-likeness (QED) is 0.877. The number of rotatable bonds is 4. The summed E-state index contributed by atoms with van der Waals surface area (Å²) in [6.07, 6.45) is 0. The highest BCUT2D eigenvalue weighted by Crippen LogP contribution is 2.23. The molecule has 0 bridgehead atoms. The van der Waals surface area contributed by atoms with Gasteiger partial charge in [-0.15, -0.1) is 0 Å². The van der Waals surface area contributed by atoms with E-state index in [2.05, 4.69) is 21.2 Å². The normalized spacial score (nSPS) is 10.2. The van der Waals surface area contributed by atoms with Gasteiger partial charge in [-0.3, -0.25) is 0 Å². The van der Waals surface area contributed by atoms with Crippen molar-refractivity contribution in [1.29, 1.82) is 0 Å². The Labute approximate surface area is 120 Å². The molecule has 0 aliphatic rings. The fourth-order valence-electron chi connectivity index (χ4n) is 1.52. The Morgan fingerprint density at radius 1 is 1.17 bits per heavy atom. The SMILES string of the molecule is CNc1ccc(OCc2ccc(Br)cc2Cl)cc1. The van der Waals surface area contributed by atoms with Crippen molar-refractivity contribution in [3.63, 3.8) is 0 Å². The van der Waals surface area contributed by atoms with Gasteiger partial charge in [-0.2, -0.15) is 0 Å². The predicted molar refractivity (Wildman–Crippen MR) is 79.5 cm³/mol. The van der Waals surface area contributed by atoms with Gasteiger partial charge in [0.15, 0.2) is 0 Å². The van der Waals surface area contributed by atoms with Crippen molar-refractivity contribution < 1.29 is 4.74 Å². The second-order valence-corrected chi connectivity index (χ2v) is 5.12. The van der Waals surface area contributed by atoms with E-state index in [-0.39, 0.29) is 0 Å².